The van der Waals surface area contributed by atoms with E-state index in [-0.39, 0.29) is 5.54 Å². The minimum Gasteiger partial charge on any atom is -0.369 e. The van der Waals surface area contributed by atoms with Gasteiger partial charge in [0.05, 0.1) is 5.69 Å². The van der Waals surface area contributed by atoms with Crippen LogP contribution in [0, 0.1) is 10.5 Å². The van der Waals surface area contributed by atoms with E-state index in [1.54, 1.807) is 0 Å². The van der Waals surface area contributed by atoms with Gasteiger partial charge in [0.2, 0.25) is 0 Å². The Bertz CT molecular complexity index is 792. The van der Waals surface area contributed by atoms with Crippen LogP contribution in [-0.2, 0) is 0 Å². The van der Waals surface area contributed by atoms with Crippen LogP contribution in [0.2, 0.25) is 0 Å². The summed E-state index contributed by atoms with van der Waals surface area (Å²) in [6.07, 6.45) is 3.15. The molecule has 24 heavy (non-hydrogen) atoms. The monoisotopic (exact) mass is 432 g/mol. The van der Waals surface area contributed by atoms with Gasteiger partial charge in [-0.2, -0.15) is 0 Å². The zero-order chi connectivity index (χ0) is 17.5. The third kappa shape index (κ3) is 3.37. The number of rotatable bonds is 2. The van der Waals surface area contributed by atoms with Gasteiger partial charge in [-0.05, 0) is 103 Å². The first kappa shape index (κ1) is 17.5. The number of hydrogen-bond donors (Lipinski definition) is 0. The van der Waals surface area contributed by atoms with Crippen molar-refractivity contribution in [2.45, 2.75) is 45.6 Å². The van der Waals surface area contributed by atoms with Gasteiger partial charge < -0.3 is 4.90 Å². The number of halogens is 1. The second-order valence-electron chi connectivity index (χ2n) is 7.49. The maximum absolute atomic E-state index is 4.66. The van der Waals surface area contributed by atoms with E-state index in [1.807, 2.05) is 6.21 Å². The van der Waals surface area contributed by atoms with Crippen molar-refractivity contribution in [2.75, 3.05) is 11.9 Å². The van der Waals surface area contributed by atoms with E-state index < -0.39 is 0 Å². The summed E-state index contributed by atoms with van der Waals surface area (Å²) in [6.45, 7) is 9.10. The highest BCUT2D eigenvalue weighted by Crippen LogP contribution is 2.42. The standard InChI is InChI=1S/C21H25IN2/c1-14-10-17(7-8-19(14)22)23-13-16-6-9-20-18(11-16)15(2)12-21(3,4)24(20)5/h6-11,13,15H,12H2,1-5H3. The van der Waals surface area contributed by atoms with Crippen LogP contribution in [0.1, 0.15) is 49.8 Å². The van der Waals surface area contributed by atoms with Crippen LogP contribution in [0.4, 0.5) is 11.4 Å². The van der Waals surface area contributed by atoms with Gasteiger partial charge in [0.15, 0.2) is 0 Å². The van der Waals surface area contributed by atoms with E-state index in [9.17, 15) is 0 Å². The van der Waals surface area contributed by atoms with E-state index in [2.05, 4.69) is 104 Å². The van der Waals surface area contributed by atoms with Gasteiger partial charge >= 0.3 is 0 Å². The molecule has 1 aliphatic heterocycles. The highest BCUT2D eigenvalue weighted by atomic mass is 127. The van der Waals surface area contributed by atoms with Crippen molar-refractivity contribution in [2.24, 2.45) is 4.99 Å². The summed E-state index contributed by atoms with van der Waals surface area (Å²) >= 11 is 2.35. The Kier molecular flexibility index (Phi) is 4.73. The Morgan fingerprint density at radius 3 is 2.67 bits per heavy atom. The van der Waals surface area contributed by atoms with Crippen LogP contribution in [-0.4, -0.2) is 18.8 Å². The molecule has 2 aromatic carbocycles. The zero-order valence-electron chi connectivity index (χ0n) is 15.1. The second-order valence-corrected chi connectivity index (χ2v) is 8.65. The molecule has 1 atom stereocenters. The van der Waals surface area contributed by atoms with E-state index in [0.29, 0.717) is 5.92 Å². The number of anilines is 1. The fourth-order valence-electron chi connectivity index (χ4n) is 3.53. The molecule has 1 heterocycles. The molecular formula is C21H25IN2. The Morgan fingerprint density at radius 1 is 1.21 bits per heavy atom. The maximum atomic E-state index is 4.66. The van der Waals surface area contributed by atoms with Gasteiger partial charge in [-0.15, -0.1) is 0 Å². The van der Waals surface area contributed by atoms with Crippen molar-refractivity contribution in [3.63, 3.8) is 0 Å². The number of benzene rings is 2. The lowest BCUT2D eigenvalue weighted by atomic mass is 9.80. The lowest BCUT2D eigenvalue weighted by Gasteiger charge is -2.45. The lowest BCUT2D eigenvalue weighted by Crippen LogP contribution is -2.45. The molecule has 126 valence electrons. The lowest BCUT2D eigenvalue weighted by molar-refractivity contribution is 0.395. The predicted molar refractivity (Wildman–Crippen MR) is 113 cm³/mol. The molecule has 2 aromatic rings. The summed E-state index contributed by atoms with van der Waals surface area (Å²) in [5, 5.41) is 0. The molecule has 0 bridgehead atoms. The maximum Gasteiger partial charge on any atom is 0.0633 e. The number of aryl methyl sites for hydroxylation is 1. The van der Waals surface area contributed by atoms with Crippen LogP contribution in [0.15, 0.2) is 41.4 Å². The number of hydrogen-bond acceptors (Lipinski definition) is 2. The highest BCUT2D eigenvalue weighted by Gasteiger charge is 2.33. The van der Waals surface area contributed by atoms with Crippen molar-refractivity contribution >= 4 is 40.2 Å². The number of fused-ring (bicyclic) bond motifs is 1. The van der Waals surface area contributed by atoms with Gasteiger partial charge in [0, 0.05) is 28.1 Å². The summed E-state index contributed by atoms with van der Waals surface area (Å²) in [6, 6.07) is 13.0. The molecule has 0 aromatic heterocycles. The summed E-state index contributed by atoms with van der Waals surface area (Å²) in [7, 11) is 2.20. The van der Waals surface area contributed by atoms with Crippen molar-refractivity contribution in [3.8, 4) is 0 Å². The Hall–Kier alpha value is -1.36. The van der Waals surface area contributed by atoms with Gasteiger partial charge in [-0.3, -0.25) is 4.99 Å². The van der Waals surface area contributed by atoms with Crippen LogP contribution < -0.4 is 4.90 Å². The third-order valence-corrected chi connectivity index (χ3v) is 6.37. The first-order valence-corrected chi connectivity index (χ1v) is 9.54. The fourth-order valence-corrected chi connectivity index (χ4v) is 3.87. The van der Waals surface area contributed by atoms with Crippen molar-refractivity contribution in [1.29, 1.82) is 0 Å². The molecule has 1 unspecified atom stereocenters. The van der Waals surface area contributed by atoms with Crippen molar-refractivity contribution < 1.29 is 0 Å². The quantitative estimate of drug-likeness (QED) is 0.415. The average molecular weight is 432 g/mol. The molecule has 0 aliphatic carbocycles. The van der Waals surface area contributed by atoms with Crippen molar-refractivity contribution in [1.82, 2.24) is 0 Å². The smallest absolute Gasteiger partial charge is 0.0633 e. The molecule has 2 nitrogen and oxygen atoms in total. The minimum atomic E-state index is 0.209. The Balaban J connectivity index is 1.90. The third-order valence-electron chi connectivity index (χ3n) is 5.16. The fraction of sp³-hybridized carbons (Fsp3) is 0.381. The van der Waals surface area contributed by atoms with Crippen LogP contribution >= 0.6 is 22.6 Å². The van der Waals surface area contributed by atoms with Crippen LogP contribution in [0.3, 0.4) is 0 Å². The normalized spacial score (nSPS) is 19.6. The van der Waals surface area contributed by atoms with Gasteiger partial charge in [-0.1, -0.05) is 13.0 Å². The highest BCUT2D eigenvalue weighted by molar-refractivity contribution is 14.1. The minimum absolute atomic E-state index is 0.209. The molecule has 1 aliphatic rings. The SMILES string of the molecule is Cc1cc(N=Cc2ccc3c(c2)C(C)CC(C)(C)N3C)ccc1I. The van der Waals surface area contributed by atoms with E-state index in [1.165, 1.54) is 32.4 Å². The first-order valence-electron chi connectivity index (χ1n) is 8.46. The summed E-state index contributed by atoms with van der Waals surface area (Å²) in [5.74, 6) is 0.570. The molecule has 0 fully saturated rings. The molecular weight excluding hydrogens is 407 g/mol. The molecule has 3 heteroatoms. The Morgan fingerprint density at radius 2 is 1.96 bits per heavy atom. The average Bonchev–Trinajstić information content (AvgIpc) is 2.53. The zero-order valence-corrected chi connectivity index (χ0v) is 17.3. The van der Waals surface area contributed by atoms with Crippen LogP contribution in [0.5, 0.6) is 0 Å². The van der Waals surface area contributed by atoms with Crippen LogP contribution in [0.25, 0.3) is 0 Å². The summed E-state index contributed by atoms with van der Waals surface area (Å²) < 4.78 is 1.28. The van der Waals surface area contributed by atoms with E-state index >= 15 is 0 Å². The largest absolute Gasteiger partial charge is 0.369 e. The van der Waals surface area contributed by atoms with Gasteiger partial charge in [0.25, 0.3) is 0 Å². The number of nitrogens with zero attached hydrogens (tertiary/aromatic N) is 2. The second kappa shape index (κ2) is 6.51. The molecule has 0 amide bonds. The topological polar surface area (TPSA) is 15.6 Å². The Labute approximate surface area is 159 Å². The molecule has 0 spiro atoms. The first-order chi connectivity index (χ1) is 11.3. The molecule has 0 radical (unpaired) electrons. The molecule has 0 saturated carbocycles. The molecule has 0 N–H and O–H groups in total. The number of aliphatic imine (C=N–C) groups is 1. The summed E-state index contributed by atoms with van der Waals surface area (Å²) in [4.78, 5) is 7.07. The van der Waals surface area contributed by atoms with E-state index in [0.717, 1.165) is 5.69 Å². The molecule has 3 rings (SSSR count). The van der Waals surface area contributed by atoms with E-state index in [4.69, 9.17) is 0 Å². The van der Waals surface area contributed by atoms with Gasteiger partial charge in [-0.25, -0.2) is 0 Å². The predicted octanol–water partition coefficient (Wildman–Crippen LogP) is 6.07. The summed E-state index contributed by atoms with van der Waals surface area (Å²) in [5.41, 5.74) is 6.44. The van der Waals surface area contributed by atoms with Crippen molar-refractivity contribution in [3.05, 3.63) is 56.7 Å². The molecule has 0 saturated heterocycles. The van der Waals surface area contributed by atoms with Gasteiger partial charge in [0.1, 0.15) is 0 Å².